The van der Waals surface area contributed by atoms with Crippen molar-refractivity contribution >= 4 is 44.0 Å². The largest absolute Gasteiger partial charge is 0.493 e. The number of hydrogen-bond donors (Lipinski definition) is 1. The lowest BCUT2D eigenvalue weighted by atomic mass is 10.1. The van der Waals surface area contributed by atoms with Gasteiger partial charge in [0.2, 0.25) is 0 Å². The normalized spacial score (nSPS) is 10.8. The van der Waals surface area contributed by atoms with Crippen molar-refractivity contribution in [2.75, 3.05) is 13.7 Å². The first-order valence-corrected chi connectivity index (χ1v) is 13.0. The van der Waals surface area contributed by atoms with Gasteiger partial charge in [0, 0.05) is 0 Å². The smallest absolute Gasteiger partial charge is 0.277 e. The second kappa shape index (κ2) is 13.1. The molecule has 0 aliphatic carbocycles. The minimum absolute atomic E-state index is 0.181. The van der Waals surface area contributed by atoms with Gasteiger partial charge in [-0.2, -0.15) is 5.10 Å². The first-order chi connectivity index (χ1) is 18.0. The Bertz CT molecular complexity index is 1380. The average molecular weight is 624 g/mol. The van der Waals surface area contributed by atoms with Crippen LogP contribution < -0.4 is 19.6 Å². The van der Waals surface area contributed by atoms with E-state index in [-0.39, 0.29) is 12.5 Å². The fourth-order valence-electron chi connectivity index (χ4n) is 3.47. The number of carbonyl (C=O) groups is 1. The lowest BCUT2D eigenvalue weighted by molar-refractivity contribution is -0.123. The van der Waals surface area contributed by atoms with Crippen molar-refractivity contribution in [3.05, 3.63) is 111 Å². The molecule has 0 saturated heterocycles. The molecular formula is C29H24Br2N2O4. The molecular weight excluding hydrogens is 600 g/mol. The molecule has 4 rings (SSSR count). The highest BCUT2D eigenvalue weighted by Crippen LogP contribution is 2.37. The van der Waals surface area contributed by atoms with E-state index in [1.807, 2.05) is 84.9 Å². The van der Waals surface area contributed by atoms with E-state index < -0.39 is 0 Å². The Labute approximate surface area is 232 Å². The number of rotatable bonds is 10. The highest BCUT2D eigenvalue weighted by Gasteiger charge is 2.12. The van der Waals surface area contributed by atoms with Crippen molar-refractivity contribution in [2.24, 2.45) is 5.10 Å². The fourth-order valence-corrected chi connectivity index (χ4v) is 4.53. The van der Waals surface area contributed by atoms with Gasteiger partial charge in [0.1, 0.15) is 12.4 Å². The third kappa shape index (κ3) is 7.44. The maximum Gasteiger partial charge on any atom is 0.277 e. The molecule has 6 nitrogen and oxygen atoms in total. The topological polar surface area (TPSA) is 69.2 Å². The maximum absolute atomic E-state index is 12.3. The second-order valence-electron chi connectivity index (χ2n) is 7.90. The van der Waals surface area contributed by atoms with Crippen LogP contribution in [-0.2, 0) is 11.4 Å². The third-order valence-electron chi connectivity index (χ3n) is 5.28. The van der Waals surface area contributed by atoms with Crippen molar-refractivity contribution in [3.63, 3.8) is 0 Å². The second-order valence-corrected chi connectivity index (χ2v) is 9.61. The zero-order valence-electron chi connectivity index (χ0n) is 20.0. The van der Waals surface area contributed by atoms with Crippen LogP contribution in [0.4, 0.5) is 0 Å². The van der Waals surface area contributed by atoms with Crippen LogP contribution in [0.1, 0.15) is 11.1 Å². The Morgan fingerprint density at radius 1 is 0.838 bits per heavy atom. The minimum Gasteiger partial charge on any atom is -0.493 e. The molecule has 1 amide bonds. The predicted molar refractivity (Wildman–Crippen MR) is 152 cm³/mol. The van der Waals surface area contributed by atoms with Crippen molar-refractivity contribution in [3.8, 4) is 28.4 Å². The van der Waals surface area contributed by atoms with Gasteiger partial charge >= 0.3 is 0 Å². The number of halogens is 2. The van der Waals surface area contributed by atoms with Gasteiger partial charge in [0.15, 0.2) is 18.1 Å². The molecule has 0 fully saturated rings. The van der Waals surface area contributed by atoms with E-state index in [2.05, 4.69) is 42.4 Å². The maximum atomic E-state index is 12.3. The number of methoxy groups -OCH3 is 1. The molecule has 0 saturated carbocycles. The standard InChI is InChI=1S/C29H24Br2N2O4/c1-35-27-15-21(14-25(31)29(27)37-18-20-8-4-2-5-9-20)17-32-33-28(34)19-36-26-13-12-23(16-24(26)30)22-10-6-3-7-11-22/h2-17H,18-19H2,1H3,(H,33,34)/b32-17+. The number of carbonyl (C=O) groups excluding carboxylic acids is 1. The molecule has 0 aliphatic rings. The van der Waals surface area contributed by atoms with Crippen LogP contribution in [0.15, 0.2) is 105 Å². The molecule has 0 aromatic heterocycles. The van der Waals surface area contributed by atoms with E-state index in [4.69, 9.17) is 14.2 Å². The minimum atomic E-state index is -0.385. The van der Waals surface area contributed by atoms with Gasteiger partial charge in [-0.25, -0.2) is 5.43 Å². The molecule has 188 valence electrons. The highest BCUT2D eigenvalue weighted by molar-refractivity contribution is 9.11. The molecule has 0 radical (unpaired) electrons. The number of ether oxygens (including phenoxy) is 3. The summed E-state index contributed by atoms with van der Waals surface area (Å²) in [5.41, 5.74) is 6.39. The summed E-state index contributed by atoms with van der Waals surface area (Å²) >= 11 is 7.05. The summed E-state index contributed by atoms with van der Waals surface area (Å²) in [6.45, 7) is 0.226. The van der Waals surface area contributed by atoms with E-state index in [1.54, 1.807) is 13.2 Å². The van der Waals surface area contributed by atoms with Crippen molar-refractivity contribution in [1.82, 2.24) is 5.43 Å². The number of benzene rings is 4. The van der Waals surface area contributed by atoms with Crippen LogP contribution in [0.25, 0.3) is 11.1 Å². The fraction of sp³-hybridized carbons (Fsp3) is 0.103. The summed E-state index contributed by atoms with van der Waals surface area (Å²) in [6.07, 6.45) is 1.52. The Morgan fingerprint density at radius 2 is 1.57 bits per heavy atom. The highest BCUT2D eigenvalue weighted by atomic mass is 79.9. The lowest BCUT2D eigenvalue weighted by Crippen LogP contribution is -2.24. The van der Waals surface area contributed by atoms with Crippen LogP contribution in [0.2, 0.25) is 0 Å². The lowest BCUT2D eigenvalue weighted by Gasteiger charge is -2.13. The molecule has 0 bridgehead atoms. The van der Waals surface area contributed by atoms with Gasteiger partial charge in [-0.3, -0.25) is 4.79 Å². The summed E-state index contributed by atoms with van der Waals surface area (Å²) in [5, 5.41) is 4.04. The van der Waals surface area contributed by atoms with Gasteiger partial charge in [-0.1, -0.05) is 66.7 Å². The van der Waals surface area contributed by atoms with Gasteiger partial charge in [-0.05, 0) is 78.4 Å². The summed E-state index contributed by atoms with van der Waals surface area (Å²) in [5.74, 6) is 1.32. The number of hydrazone groups is 1. The van der Waals surface area contributed by atoms with Crippen LogP contribution in [0.3, 0.4) is 0 Å². The molecule has 37 heavy (non-hydrogen) atoms. The molecule has 0 atom stereocenters. The number of amides is 1. The number of nitrogens with one attached hydrogen (secondary N) is 1. The van der Waals surface area contributed by atoms with E-state index in [0.717, 1.165) is 26.7 Å². The molecule has 0 aliphatic heterocycles. The zero-order chi connectivity index (χ0) is 26.0. The van der Waals surface area contributed by atoms with Crippen molar-refractivity contribution in [1.29, 1.82) is 0 Å². The number of hydrogen-bond acceptors (Lipinski definition) is 5. The van der Waals surface area contributed by atoms with Crippen LogP contribution in [-0.4, -0.2) is 25.8 Å². The molecule has 8 heteroatoms. The molecule has 0 spiro atoms. The first kappa shape index (κ1) is 26.4. The summed E-state index contributed by atoms with van der Waals surface area (Å²) in [6, 6.07) is 29.2. The Morgan fingerprint density at radius 3 is 2.27 bits per heavy atom. The summed E-state index contributed by atoms with van der Waals surface area (Å²) < 4.78 is 18.6. The summed E-state index contributed by atoms with van der Waals surface area (Å²) in [4.78, 5) is 12.3. The van der Waals surface area contributed by atoms with E-state index in [0.29, 0.717) is 28.3 Å². The van der Waals surface area contributed by atoms with Gasteiger partial charge in [0.25, 0.3) is 5.91 Å². The predicted octanol–water partition coefficient (Wildman–Crippen LogP) is 7.00. The van der Waals surface area contributed by atoms with Gasteiger partial charge in [-0.15, -0.1) is 0 Å². The molecule has 4 aromatic rings. The number of nitrogens with zero attached hydrogens (tertiary/aromatic N) is 1. The molecule has 0 heterocycles. The SMILES string of the molecule is COc1cc(/C=N/NC(=O)COc2ccc(-c3ccccc3)cc2Br)cc(Br)c1OCc1ccccc1. The third-order valence-corrected chi connectivity index (χ3v) is 6.49. The van der Waals surface area contributed by atoms with Crippen molar-refractivity contribution in [2.45, 2.75) is 6.61 Å². The quantitative estimate of drug-likeness (QED) is 0.153. The monoisotopic (exact) mass is 622 g/mol. The first-order valence-electron chi connectivity index (χ1n) is 11.4. The van der Waals surface area contributed by atoms with Crippen LogP contribution in [0.5, 0.6) is 17.2 Å². The Kier molecular flexibility index (Phi) is 9.35. The summed E-state index contributed by atoms with van der Waals surface area (Å²) in [7, 11) is 1.57. The van der Waals surface area contributed by atoms with E-state index in [1.165, 1.54) is 6.21 Å². The molecule has 1 N–H and O–H groups in total. The molecule has 0 unspecified atom stereocenters. The van der Waals surface area contributed by atoms with Crippen molar-refractivity contribution < 1.29 is 19.0 Å². The van der Waals surface area contributed by atoms with Crippen LogP contribution in [0, 0.1) is 0 Å². The van der Waals surface area contributed by atoms with E-state index >= 15 is 0 Å². The average Bonchev–Trinajstić information content (AvgIpc) is 2.92. The van der Waals surface area contributed by atoms with Gasteiger partial charge < -0.3 is 14.2 Å². The van der Waals surface area contributed by atoms with E-state index in [9.17, 15) is 4.79 Å². The Hall–Kier alpha value is -3.62. The molecule has 4 aromatic carbocycles. The Balaban J connectivity index is 1.31. The van der Waals surface area contributed by atoms with Crippen LogP contribution >= 0.6 is 31.9 Å². The van der Waals surface area contributed by atoms with Gasteiger partial charge in [0.05, 0.1) is 22.3 Å². The zero-order valence-corrected chi connectivity index (χ0v) is 23.2.